The first-order chi connectivity index (χ1) is 12.7. The molecule has 4 aromatic rings. The largest absolute Gasteiger partial charge is 0.311 e. The van der Waals surface area contributed by atoms with Gasteiger partial charge in [-0.25, -0.2) is 15.0 Å². The van der Waals surface area contributed by atoms with Crippen molar-refractivity contribution in [3.63, 3.8) is 0 Å². The normalized spacial score (nSPS) is 11.2. The molecule has 0 spiro atoms. The molecule has 0 aliphatic carbocycles. The van der Waals surface area contributed by atoms with E-state index in [4.69, 9.17) is 0 Å². The molecule has 0 amide bonds. The van der Waals surface area contributed by atoms with Crippen molar-refractivity contribution in [2.24, 2.45) is 0 Å². The van der Waals surface area contributed by atoms with Gasteiger partial charge in [0.05, 0.1) is 12.9 Å². The number of nitrogens with zero attached hydrogens (tertiary/aromatic N) is 4. The van der Waals surface area contributed by atoms with E-state index in [1.807, 2.05) is 6.33 Å². The second kappa shape index (κ2) is 8.22. The Morgan fingerprint density at radius 3 is 2.27 bits per heavy atom. The Balaban J connectivity index is 1.61. The van der Waals surface area contributed by atoms with Gasteiger partial charge in [0.1, 0.15) is 16.9 Å². The summed E-state index contributed by atoms with van der Waals surface area (Å²) in [5.74, 6) is 0.870. The standard InChI is InChI=1S/C19H14I2N4S/c20-15-7-3-1-5-13(15)9-25-12-24-17-18(25)22-11-23-19(17)26-10-14-6-2-4-8-16(14)21/h1-8,11-12H,9-10H2. The maximum Gasteiger partial charge on any atom is 0.164 e. The Kier molecular flexibility index (Phi) is 5.75. The zero-order valence-corrected chi connectivity index (χ0v) is 18.8. The third-order valence-electron chi connectivity index (χ3n) is 3.99. The molecule has 0 saturated carbocycles. The van der Waals surface area contributed by atoms with Crippen LogP contribution in [-0.2, 0) is 12.3 Å². The molecule has 0 aliphatic heterocycles. The van der Waals surface area contributed by atoms with Crippen molar-refractivity contribution in [3.05, 3.63) is 79.5 Å². The van der Waals surface area contributed by atoms with Crippen LogP contribution in [0.1, 0.15) is 11.1 Å². The second-order valence-corrected chi connectivity index (χ2v) is 8.98. The SMILES string of the molecule is Ic1ccccc1CSc1ncnc2c1ncn2Cc1ccccc1I. The predicted octanol–water partition coefficient (Wildman–Crippen LogP) is 5.38. The van der Waals surface area contributed by atoms with E-state index in [-0.39, 0.29) is 0 Å². The van der Waals surface area contributed by atoms with Crippen LogP contribution in [0.4, 0.5) is 0 Å². The fraction of sp³-hybridized carbons (Fsp3) is 0.105. The van der Waals surface area contributed by atoms with Gasteiger partial charge < -0.3 is 4.57 Å². The summed E-state index contributed by atoms with van der Waals surface area (Å²) in [6.07, 6.45) is 3.49. The molecule has 0 radical (unpaired) electrons. The van der Waals surface area contributed by atoms with Crippen molar-refractivity contribution in [1.82, 2.24) is 19.5 Å². The van der Waals surface area contributed by atoms with Crippen LogP contribution in [-0.4, -0.2) is 19.5 Å². The number of fused-ring (bicyclic) bond motifs is 1. The van der Waals surface area contributed by atoms with E-state index in [9.17, 15) is 0 Å². The Morgan fingerprint density at radius 1 is 0.846 bits per heavy atom. The summed E-state index contributed by atoms with van der Waals surface area (Å²) in [5, 5.41) is 0.927. The van der Waals surface area contributed by atoms with Gasteiger partial charge in [0, 0.05) is 12.9 Å². The van der Waals surface area contributed by atoms with Gasteiger partial charge in [-0.15, -0.1) is 0 Å². The average Bonchev–Trinajstić information content (AvgIpc) is 3.07. The van der Waals surface area contributed by atoms with Crippen molar-refractivity contribution in [1.29, 1.82) is 0 Å². The van der Waals surface area contributed by atoms with Crippen LogP contribution >= 0.6 is 56.9 Å². The molecule has 0 bridgehead atoms. The Morgan fingerprint density at radius 2 is 1.54 bits per heavy atom. The number of halogens is 2. The molecule has 0 aliphatic rings. The summed E-state index contributed by atoms with van der Waals surface area (Å²) < 4.78 is 4.60. The summed E-state index contributed by atoms with van der Waals surface area (Å²) in [5.41, 5.74) is 4.32. The number of hydrogen-bond acceptors (Lipinski definition) is 4. The summed E-state index contributed by atoms with van der Waals surface area (Å²) in [4.78, 5) is 13.5. The predicted molar refractivity (Wildman–Crippen MR) is 122 cm³/mol. The summed E-state index contributed by atoms with van der Waals surface area (Å²) >= 11 is 6.45. The molecule has 130 valence electrons. The Hall–Kier alpha value is -1.20. The van der Waals surface area contributed by atoms with E-state index in [0.29, 0.717) is 0 Å². The van der Waals surface area contributed by atoms with Crippen LogP contribution < -0.4 is 0 Å². The van der Waals surface area contributed by atoms with Gasteiger partial charge in [0.25, 0.3) is 0 Å². The van der Waals surface area contributed by atoms with E-state index in [1.54, 1.807) is 18.1 Å². The fourth-order valence-corrected chi connectivity index (χ4v) is 4.99. The maximum absolute atomic E-state index is 4.59. The van der Waals surface area contributed by atoms with Gasteiger partial charge in [0.15, 0.2) is 5.65 Å². The quantitative estimate of drug-likeness (QED) is 0.180. The van der Waals surface area contributed by atoms with Crippen LogP contribution in [0.5, 0.6) is 0 Å². The van der Waals surface area contributed by atoms with Crippen LogP contribution in [0, 0.1) is 7.14 Å². The minimum atomic E-state index is 0.757. The summed E-state index contributed by atoms with van der Waals surface area (Å²) in [6, 6.07) is 16.8. The number of imidazole rings is 1. The van der Waals surface area contributed by atoms with Gasteiger partial charge in [-0.05, 0) is 68.4 Å². The van der Waals surface area contributed by atoms with Crippen LogP contribution in [0.15, 0.2) is 66.2 Å². The highest BCUT2D eigenvalue weighted by molar-refractivity contribution is 14.1. The van der Waals surface area contributed by atoms with E-state index >= 15 is 0 Å². The van der Waals surface area contributed by atoms with E-state index in [0.717, 1.165) is 28.5 Å². The Bertz CT molecular complexity index is 1060. The van der Waals surface area contributed by atoms with Crippen molar-refractivity contribution in [3.8, 4) is 0 Å². The fourth-order valence-electron chi connectivity index (χ4n) is 2.65. The lowest BCUT2D eigenvalue weighted by molar-refractivity contribution is 0.808. The molecule has 0 atom stereocenters. The van der Waals surface area contributed by atoms with E-state index in [1.165, 1.54) is 18.3 Å². The molecule has 0 fully saturated rings. The highest BCUT2D eigenvalue weighted by atomic mass is 127. The van der Waals surface area contributed by atoms with E-state index < -0.39 is 0 Å². The minimum absolute atomic E-state index is 0.757. The van der Waals surface area contributed by atoms with Crippen molar-refractivity contribution >= 4 is 68.1 Å². The summed E-state index contributed by atoms with van der Waals surface area (Å²) in [6.45, 7) is 0.757. The molecule has 0 saturated heterocycles. The maximum atomic E-state index is 4.59. The lowest BCUT2D eigenvalue weighted by atomic mass is 10.2. The van der Waals surface area contributed by atoms with Gasteiger partial charge >= 0.3 is 0 Å². The molecule has 0 unspecified atom stereocenters. The number of thioether (sulfide) groups is 1. The van der Waals surface area contributed by atoms with Crippen LogP contribution in [0.3, 0.4) is 0 Å². The first-order valence-corrected chi connectivity index (χ1v) is 11.1. The van der Waals surface area contributed by atoms with Gasteiger partial charge in [0.2, 0.25) is 0 Å². The monoisotopic (exact) mass is 584 g/mol. The number of rotatable bonds is 5. The number of aromatic nitrogens is 4. The molecule has 0 N–H and O–H groups in total. The molecule has 7 heteroatoms. The molecule has 4 rings (SSSR count). The average molecular weight is 584 g/mol. The molecule has 2 heterocycles. The molecule has 26 heavy (non-hydrogen) atoms. The highest BCUT2D eigenvalue weighted by Crippen LogP contribution is 2.28. The minimum Gasteiger partial charge on any atom is -0.311 e. The van der Waals surface area contributed by atoms with E-state index in [2.05, 4.69) is 113 Å². The number of hydrogen-bond donors (Lipinski definition) is 0. The van der Waals surface area contributed by atoms with Gasteiger partial charge in [-0.1, -0.05) is 48.2 Å². The lowest BCUT2D eigenvalue weighted by Gasteiger charge is -2.07. The smallest absolute Gasteiger partial charge is 0.164 e. The third-order valence-corrected chi connectivity index (χ3v) is 7.12. The van der Waals surface area contributed by atoms with Crippen molar-refractivity contribution in [2.75, 3.05) is 0 Å². The topological polar surface area (TPSA) is 43.6 Å². The van der Waals surface area contributed by atoms with Crippen LogP contribution in [0.2, 0.25) is 0 Å². The molecular formula is C19H14I2N4S. The summed E-state index contributed by atoms with van der Waals surface area (Å²) in [7, 11) is 0. The molecule has 2 aromatic carbocycles. The van der Waals surface area contributed by atoms with Crippen LogP contribution in [0.25, 0.3) is 11.2 Å². The molecule has 2 aromatic heterocycles. The zero-order chi connectivity index (χ0) is 17.9. The molecular weight excluding hydrogens is 570 g/mol. The second-order valence-electron chi connectivity index (χ2n) is 5.70. The highest BCUT2D eigenvalue weighted by Gasteiger charge is 2.12. The first-order valence-electron chi connectivity index (χ1n) is 7.98. The van der Waals surface area contributed by atoms with Gasteiger partial charge in [-0.3, -0.25) is 0 Å². The van der Waals surface area contributed by atoms with Crippen molar-refractivity contribution < 1.29 is 0 Å². The lowest BCUT2D eigenvalue weighted by Crippen LogP contribution is -2.01. The van der Waals surface area contributed by atoms with Crippen molar-refractivity contribution in [2.45, 2.75) is 17.3 Å². The Labute approximate surface area is 183 Å². The first kappa shape index (κ1) is 18.2. The number of benzene rings is 2. The zero-order valence-electron chi connectivity index (χ0n) is 13.6. The van der Waals surface area contributed by atoms with Gasteiger partial charge in [-0.2, -0.15) is 0 Å². The third kappa shape index (κ3) is 3.89. The molecule has 4 nitrogen and oxygen atoms in total.